The number of anilines is 1. The summed E-state index contributed by atoms with van der Waals surface area (Å²) in [6.45, 7) is 3.11. The second-order valence-electron chi connectivity index (χ2n) is 4.68. The van der Waals surface area contributed by atoms with Crippen molar-refractivity contribution in [3.05, 3.63) is 45.8 Å². The number of hydrogen-bond acceptors (Lipinski definition) is 3. The summed E-state index contributed by atoms with van der Waals surface area (Å²) in [5.74, 6) is 0. The Balaban J connectivity index is 2.28. The summed E-state index contributed by atoms with van der Waals surface area (Å²) in [7, 11) is -3.59. The van der Waals surface area contributed by atoms with Crippen LogP contribution in [0.3, 0.4) is 0 Å². The number of benzene rings is 1. The lowest BCUT2D eigenvalue weighted by Crippen LogP contribution is -2.12. The van der Waals surface area contributed by atoms with Crippen molar-refractivity contribution >= 4 is 38.3 Å². The van der Waals surface area contributed by atoms with Gasteiger partial charge in [0.2, 0.25) is 0 Å². The molecule has 0 atom stereocenters. The van der Waals surface area contributed by atoms with Crippen LogP contribution in [0.25, 0.3) is 0 Å². The fraction of sp³-hybridized carbons (Fsp3) is 0.286. The Labute approximate surface area is 138 Å². The van der Waals surface area contributed by atoms with Gasteiger partial charge in [0, 0.05) is 34.2 Å². The van der Waals surface area contributed by atoms with Gasteiger partial charge in [-0.25, -0.2) is 8.42 Å². The number of sulfonamides is 1. The molecule has 2 aromatic rings. The van der Waals surface area contributed by atoms with Crippen molar-refractivity contribution in [3.63, 3.8) is 0 Å². The zero-order valence-corrected chi connectivity index (χ0v) is 14.7. The molecule has 3 N–H and O–H groups in total. The van der Waals surface area contributed by atoms with Crippen molar-refractivity contribution in [1.82, 2.24) is 4.57 Å². The maximum Gasteiger partial charge on any atom is 0.263 e. The van der Waals surface area contributed by atoms with Gasteiger partial charge in [-0.3, -0.25) is 4.72 Å². The smallest absolute Gasteiger partial charge is 0.263 e. The highest BCUT2D eigenvalue weighted by atomic mass is 127. The first kappa shape index (κ1) is 16.3. The van der Waals surface area contributed by atoms with Crippen molar-refractivity contribution < 1.29 is 8.42 Å². The summed E-state index contributed by atoms with van der Waals surface area (Å²) in [5.41, 5.74) is 7.04. The average molecular weight is 419 g/mol. The Morgan fingerprint density at radius 2 is 1.95 bits per heavy atom. The molecule has 0 aliphatic heterocycles. The molecule has 1 aromatic heterocycles. The second-order valence-corrected chi connectivity index (χ2v) is 7.61. The summed E-state index contributed by atoms with van der Waals surface area (Å²) >= 11 is 2.17. The molecular formula is C14H18IN3O2S. The van der Waals surface area contributed by atoms with Crippen LogP contribution in [0.4, 0.5) is 5.69 Å². The molecular weight excluding hydrogens is 401 g/mol. The number of hydrogen-bond donors (Lipinski definition) is 2. The molecule has 1 aromatic carbocycles. The maximum atomic E-state index is 12.4. The molecule has 114 valence electrons. The van der Waals surface area contributed by atoms with Gasteiger partial charge in [0.15, 0.2) is 0 Å². The van der Waals surface area contributed by atoms with Crippen LogP contribution < -0.4 is 10.5 Å². The minimum Gasteiger partial charge on any atom is -0.349 e. The molecule has 0 radical (unpaired) electrons. The molecule has 0 unspecified atom stereocenters. The molecule has 0 saturated carbocycles. The second kappa shape index (κ2) is 6.80. The SMILES string of the molecule is CCCn1cc(S(=O)(=O)Nc2ccc(I)cc2)cc1CN. The van der Waals surface area contributed by atoms with E-state index in [1.807, 2.05) is 23.6 Å². The van der Waals surface area contributed by atoms with Gasteiger partial charge in [-0.2, -0.15) is 0 Å². The number of nitrogens with one attached hydrogen (secondary N) is 1. The van der Waals surface area contributed by atoms with E-state index in [1.54, 1.807) is 24.4 Å². The lowest BCUT2D eigenvalue weighted by molar-refractivity contribution is 0.600. The standard InChI is InChI=1S/C14H18IN3O2S/c1-2-7-18-10-14(8-13(18)9-16)21(19,20)17-12-5-3-11(15)4-6-12/h3-6,8,10,17H,2,7,9,16H2,1H3. The van der Waals surface area contributed by atoms with Crippen LogP contribution in [0.2, 0.25) is 0 Å². The molecule has 0 amide bonds. The number of nitrogens with zero attached hydrogens (tertiary/aromatic N) is 1. The summed E-state index contributed by atoms with van der Waals surface area (Å²) in [5, 5.41) is 0. The number of rotatable bonds is 6. The average Bonchev–Trinajstić information content (AvgIpc) is 2.86. The monoisotopic (exact) mass is 419 g/mol. The van der Waals surface area contributed by atoms with E-state index in [1.165, 1.54) is 0 Å². The largest absolute Gasteiger partial charge is 0.349 e. The van der Waals surface area contributed by atoms with Gasteiger partial charge < -0.3 is 10.3 Å². The van der Waals surface area contributed by atoms with Crippen molar-refractivity contribution in [3.8, 4) is 0 Å². The predicted octanol–water partition coefficient (Wildman–Crippen LogP) is 2.76. The predicted molar refractivity (Wildman–Crippen MR) is 92.6 cm³/mol. The van der Waals surface area contributed by atoms with Crippen LogP contribution in [0.5, 0.6) is 0 Å². The zero-order chi connectivity index (χ0) is 15.5. The van der Waals surface area contributed by atoms with Crippen LogP contribution in [0.15, 0.2) is 41.4 Å². The first-order valence-corrected chi connectivity index (χ1v) is 9.20. The van der Waals surface area contributed by atoms with Crippen LogP contribution in [0.1, 0.15) is 19.0 Å². The van der Waals surface area contributed by atoms with Gasteiger partial charge in [0.25, 0.3) is 10.0 Å². The Hall–Kier alpha value is -1.06. The summed E-state index contributed by atoms with van der Waals surface area (Å²) in [6, 6.07) is 8.82. The molecule has 7 heteroatoms. The van der Waals surface area contributed by atoms with E-state index in [9.17, 15) is 8.42 Å². The highest BCUT2D eigenvalue weighted by Crippen LogP contribution is 2.20. The van der Waals surface area contributed by atoms with Gasteiger partial charge >= 0.3 is 0 Å². The van der Waals surface area contributed by atoms with E-state index >= 15 is 0 Å². The zero-order valence-electron chi connectivity index (χ0n) is 11.7. The van der Waals surface area contributed by atoms with Crippen LogP contribution in [0, 0.1) is 3.57 Å². The van der Waals surface area contributed by atoms with E-state index in [0.29, 0.717) is 12.2 Å². The van der Waals surface area contributed by atoms with E-state index in [2.05, 4.69) is 27.3 Å². The minimum atomic E-state index is -3.59. The Morgan fingerprint density at radius 1 is 1.29 bits per heavy atom. The molecule has 0 fully saturated rings. The van der Waals surface area contributed by atoms with Crippen LogP contribution >= 0.6 is 22.6 Å². The topological polar surface area (TPSA) is 77.1 Å². The number of aryl methyl sites for hydroxylation is 1. The lowest BCUT2D eigenvalue weighted by Gasteiger charge is -2.06. The van der Waals surface area contributed by atoms with E-state index in [0.717, 1.165) is 22.2 Å². The van der Waals surface area contributed by atoms with Crippen molar-refractivity contribution in [2.75, 3.05) is 4.72 Å². The van der Waals surface area contributed by atoms with Gasteiger partial charge in [-0.15, -0.1) is 0 Å². The normalized spacial score (nSPS) is 11.6. The fourth-order valence-electron chi connectivity index (χ4n) is 2.03. The van der Waals surface area contributed by atoms with Crippen LogP contribution in [-0.2, 0) is 23.1 Å². The molecule has 5 nitrogen and oxygen atoms in total. The van der Waals surface area contributed by atoms with Gasteiger partial charge in [-0.05, 0) is 59.3 Å². The third-order valence-electron chi connectivity index (χ3n) is 3.04. The molecule has 0 spiro atoms. The number of aromatic nitrogens is 1. The van der Waals surface area contributed by atoms with Crippen molar-refractivity contribution in [2.24, 2.45) is 5.73 Å². The fourth-order valence-corrected chi connectivity index (χ4v) is 3.51. The molecule has 0 aliphatic carbocycles. The number of halogens is 1. The highest BCUT2D eigenvalue weighted by Gasteiger charge is 2.18. The molecule has 0 aliphatic rings. The first-order valence-electron chi connectivity index (χ1n) is 6.63. The third kappa shape index (κ3) is 3.98. The maximum absolute atomic E-state index is 12.4. The molecule has 21 heavy (non-hydrogen) atoms. The Morgan fingerprint density at radius 3 is 2.52 bits per heavy atom. The third-order valence-corrected chi connectivity index (χ3v) is 5.11. The summed E-state index contributed by atoms with van der Waals surface area (Å²) in [6.07, 6.45) is 2.56. The number of nitrogens with two attached hydrogens (primary N) is 1. The Kier molecular flexibility index (Phi) is 5.28. The summed E-state index contributed by atoms with van der Waals surface area (Å²) < 4.78 is 30.3. The van der Waals surface area contributed by atoms with Gasteiger partial charge in [-0.1, -0.05) is 6.92 Å². The molecule has 0 bridgehead atoms. The first-order chi connectivity index (χ1) is 9.96. The van der Waals surface area contributed by atoms with Gasteiger partial charge in [0.1, 0.15) is 4.90 Å². The Bertz CT molecular complexity index is 708. The highest BCUT2D eigenvalue weighted by molar-refractivity contribution is 14.1. The lowest BCUT2D eigenvalue weighted by atomic mass is 10.3. The van der Waals surface area contributed by atoms with E-state index in [4.69, 9.17) is 5.73 Å². The van der Waals surface area contributed by atoms with Gasteiger partial charge in [0.05, 0.1) is 0 Å². The molecule has 1 heterocycles. The van der Waals surface area contributed by atoms with Crippen molar-refractivity contribution in [2.45, 2.75) is 31.3 Å². The van der Waals surface area contributed by atoms with E-state index in [-0.39, 0.29) is 4.90 Å². The van der Waals surface area contributed by atoms with Crippen LogP contribution in [-0.4, -0.2) is 13.0 Å². The van der Waals surface area contributed by atoms with E-state index < -0.39 is 10.0 Å². The quantitative estimate of drug-likeness (QED) is 0.707. The summed E-state index contributed by atoms with van der Waals surface area (Å²) in [4.78, 5) is 0.245. The van der Waals surface area contributed by atoms with Crippen molar-refractivity contribution in [1.29, 1.82) is 0 Å². The molecule has 0 saturated heterocycles. The minimum absolute atomic E-state index is 0.245. The molecule has 2 rings (SSSR count).